The number of methoxy groups -OCH3 is 2. The minimum Gasteiger partial charge on any atom is -0.466 e. The Balaban J connectivity index is 2.30. The zero-order valence-corrected chi connectivity index (χ0v) is 21.3. The van der Waals surface area contributed by atoms with Gasteiger partial charge in [-0.05, 0) is 31.8 Å². The maximum atomic E-state index is 12.7. The normalized spacial score (nSPS) is 15.6. The number of nitrogens with one attached hydrogen (secondary N) is 1. The van der Waals surface area contributed by atoms with Gasteiger partial charge in [0.25, 0.3) is 5.69 Å². The van der Waals surface area contributed by atoms with E-state index in [4.69, 9.17) is 14.5 Å². The molecule has 0 radical (unpaired) electrons. The number of esters is 2. The monoisotopic (exact) mass is 510 g/mol. The predicted octanol–water partition coefficient (Wildman–Crippen LogP) is 3.79. The Morgan fingerprint density at radius 2 is 1.75 bits per heavy atom. The predicted molar refractivity (Wildman–Crippen MR) is 141 cm³/mol. The third-order valence-electron chi connectivity index (χ3n) is 5.35. The molecule has 2 aromatic carbocycles. The highest BCUT2D eigenvalue weighted by molar-refractivity contribution is 8.18. The van der Waals surface area contributed by atoms with Gasteiger partial charge >= 0.3 is 11.9 Å². The molecule has 0 aliphatic carbocycles. The molecule has 1 aliphatic rings. The molecule has 1 N–H and O–H groups in total. The second-order valence-electron chi connectivity index (χ2n) is 7.77. The van der Waals surface area contributed by atoms with E-state index in [2.05, 4.69) is 5.32 Å². The van der Waals surface area contributed by atoms with E-state index in [1.165, 1.54) is 20.3 Å². The maximum absolute atomic E-state index is 12.7. The second-order valence-corrected chi connectivity index (χ2v) is 8.77. The van der Waals surface area contributed by atoms with E-state index < -0.39 is 23.0 Å². The molecule has 1 unspecified atom stereocenters. The first-order valence-corrected chi connectivity index (χ1v) is 11.6. The first kappa shape index (κ1) is 26.6. The summed E-state index contributed by atoms with van der Waals surface area (Å²) in [6.07, 6.45) is 2.52. The summed E-state index contributed by atoms with van der Waals surface area (Å²) >= 11 is 0.907. The van der Waals surface area contributed by atoms with Crippen LogP contribution in [0.5, 0.6) is 0 Å². The van der Waals surface area contributed by atoms with E-state index >= 15 is 0 Å². The molecule has 2 aromatic rings. The first-order chi connectivity index (χ1) is 17.2. The van der Waals surface area contributed by atoms with Crippen molar-refractivity contribution in [2.75, 3.05) is 40.7 Å². The molecule has 10 nitrogen and oxygen atoms in total. The summed E-state index contributed by atoms with van der Waals surface area (Å²) in [5.74, 6) is -1.46. The molecule has 11 heteroatoms. The number of likely N-dealkylation sites (N-methyl/N-ethyl adjacent to an activating group) is 1. The quantitative estimate of drug-likeness (QED) is 0.244. The minimum absolute atomic E-state index is 0.000372. The summed E-state index contributed by atoms with van der Waals surface area (Å²) in [6, 6.07) is 12.3. The van der Waals surface area contributed by atoms with Crippen LogP contribution < -0.4 is 5.32 Å². The van der Waals surface area contributed by atoms with Crippen LogP contribution >= 0.6 is 11.8 Å². The lowest BCUT2D eigenvalue weighted by Crippen LogP contribution is -2.37. The maximum Gasteiger partial charge on any atom is 0.345 e. The lowest BCUT2D eigenvalue weighted by Gasteiger charge is -2.29. The van der Waals surface area contributed by atoms with Gasteiger partial charge in [-0.1, -0.05) is 48.2 Å². The summed E-state index contributed by atoms with van der Waals surface area (Å²) in [7, 11) is 7.50. The highest BCUT2D eigenvalue weighted by Crippen LogP contribution is 2.40. The molecule has 1 heterocycles. The Labute approximate surface area is 212 Å². The fraction of sp³-hybridized carbons (Fsp3) is 0.240. The van der Waals surface area contributed by atoms with Crippen molar-refractivity contribution in [3.8, 4) is 0 Å². The highest BCUT2D eigenvalue weighted by Gasteiger charge is 2.38. The molecule has 3 rings (SSSR count). The highest BCUT2D eigenvalue weighted by atomic mass is 32.2. The number of ether oxygens (including phenoxy) is 2. The average molecular weight is 511 g/mol. The van der Waals surface area contributed by atoms with E-state index in [0.29, 0.717) is 21.9 Å². The smallest absolute Gasteiger partial charge is 0.345 e. The van der Waals surface area contributed by atoms with Crippen LogP contribution in [0.2, 0.25) is 0 Å². The molecule has 1 atom stereocenters. The fourth-order valence-corrected chi connectivity index (χ4v) is 4.76. The van der Waals surface area contributed by atoms with Gasteiger partial charge in [-0.2, -0.15) is 0 Å². The Morgan fingerprint density at radius 3 is 2.31 bits per heavy atom. The third kappa shape index (κ3) is 5.47. The number of anilines is 1. The van der Waals surface area contributed by atoms with E-state index in [0.717, 1.165) is 17.3 Å². The zero-order chi connectivity index (χ0) is 26.4. The van der Waals surface area contributed by atoms with Gasteiger partial charge in [-0.25, -0.2) is 9.59 Å². The van der Waals surface area contributed by atoms with Gasteiger partial charge in [0.15, 0.2) is 0 Å². The van der Waals surface area contributed by atoms with E-state index in [1.54, 1.807) is 44.3 Å². The Hall–Kier alpha value is -3.96. The van der Waals surface area contributed by atoms with E-state index in [-0.39, 0.29) is 16.2 Å². The Bertz CT molecular complexity index is 1270. The topological polar surface area (TPSA) is 123 Å². The number of hydrogen-bond acceptors (Lipinski definition) is 10. The zero-order valence-electron chi connectivity index (χ0n) is 20.5. The molecular formula is C25H26N4O6S. The van der Waals surface area contributed by atoms with Crippen LogP contribution in [0.1, 0.15) is 16.7 Å². The van der Waals surface area contributed by atoms with Gasteiger partial charge in [0.05, 0.1) is 30.3 Å². The molecule has 0 bridgehead atoms. The molecule has 0 amide bonds. The molecule has 0 saturated heterocycles. The summed E-state index contributed by atoms with van der Waals surface area (Å²) in [5, 5.41) is 15.4. The van der Waals surface area contributed by atoms with Gasteiger partial charge in [0, 0.05) is 24.4 Å². The number of benzene rings is 2. The number of nitro benzene ring substituents is 1. The van der Waals surface area contributed by atoms with Crippen LogP contribution in [0.15, 0.2) is 57.9 Å². The van der Waals surface area contributed by atoms with Crippen molar-refractivity contribution in [3.63, 3.8) is 0 Å². The van der Waals surface area contributed by atoms with Crippen molar-refractivity contribution >= 4 is 52.3 Å². The summed E-state index contributed by atoms with van der Waals surface area (Å²) in [6.45, 7) is 0. The van der Waals surface area contributed by atoms with Crippen LogP contribution in [0, 0.1) is 10.1 Å². The van der Waals surface area contributed by atoms with Crippen LogP contribution in [-0.4, -0.2) is 68.3 Å². The van der Waals surface area contributed by atoms with Crippen molar-refractivity contribution in [2.45, 2.75) is 6.17 Å². The Kier molecular flexibility index (Phi) is 8.62. The molecule has 0 spiro atoms. The number of carbonyl (C=O) groups excluding carboxylic acids is 2. The summed E-state index contributed by atoms with van der Waals surface area (Å²) < 4.78 is 9.86. The van der Waals surface area contributed by atoms with Crippen LogP contribution in [0.4, 0.5) is 11.4 Å². The fourth-order valence-electron chi connectivity index (χ4n) is 3.63. The molecule has 0 aromatic heterocycles. The van der Waals surface area contributed by atoms with Crippen molar-refractivity contribution in [1.29, 1.82) is 0 Å². The number of nitro groups is 1. The largest absolute Gasteiger partial charge is 0.466 e. The van der Waals surface area contributed by atoms with Crippen LogP contribution in [0.3, 0.4) is 0 Å². The molecule has 0 saturated carbocycles. The van der Waals surface area contributed by atoms with Crippen molar-refractivity contribution in [1.82, 2.24) is 4.90 Å². The van der Waals surface area contributed by atoms with Gasteiger partial charge in [-0.3, -0.25) is 20.0 Å². The summed E-state index contributed by atoms with van der Waals surface area (Å²) in [4.78, 5) is 43.3. The van der Waals surface area contributed by atoms with Crippen molar-refractivity contribution in [3.05, 3.63) is 79.7 Å². The molecule has 1 aliphatic heterocycles. The van der Waals surface area contributed by atoms with Gasteiger partial charge in [0.2, 0.25) is 0 Å². The van der Waals surface area contributed by atoms with E-state index in [9.17, 15) is 19.7 Å². The number of thioether (sulfide) groups is 1. The molecular weight excluding hydrogens is 484 g/mol. The lowest BCUT2D eigenvalue weighted by molar-refractivity contribution is -0.385. The lowest BCUT2D eigenvalue weighted by atomic mass is 10.0. The minimum atomic E-state index is -0.891. The Morgan fingerprint density at radius 1 is 1.08 bits per heavy atom. The third-order valence-corrected chi connectivity index (χ3v) is 6.44. The average Bonchev–Trinajstić information content (AvgIpc) is 2.89. The van der Waals surface area contributed by atoms with Gasteiger partial charge in [0.1, 0.15) is 16.1 Å². The molecule has 0 fully saturated rings. The van der Waals surface area contributed by atoms with Gasteiger partial charge < -0.3 is 14.8 Å². The van der Waals surface area contributed by atoms with Crippen molar-refractivity contribution < 1.29 is 24.0 Å². The van der Waals surface area contributed by atoms with Crippen LogP contribution in [-0.2, 0) is 19.1 Å². The van der Waals surface area contributed by atoms with Gasteiger partial charge in [-0.15, -0.1) is 0 Å². The second kappa shape index (κ2) is 11.6. The SMILES string of the molecule is CNc1ccc([N+](=O)[O-])c(C=Cc2ccccc2)c1C1=NC(N(C)C)C(C(=O)OC)=C(C(=O)OC)S1. The number of hydrogen-bond donors (Lipinski definition) is 1. The molecule has 36 heavy (non-hydrogen) atoms. The first-order valence-electron chi connectivity index (χ1n) is 10.8. The standard InChI is InChI=1S/C25H26N4O6S/c1-26-17-13-14-18(29(32)33)16(12-11-15-9-7-6-8-10-15)19(17)23-27-22(28(2)3)20(24(30)34-4)21(36-23)25(31)35-5/h6-14,22,26H,1-5H3. The number of nitrogens with zero attached hydrogens (tertiary/aromatic N) is 3. The van der Waals surface area contributed by atoms with Crippen LogP contribution in [0.25, 0.3) is 12.2 Å². The summed E-state index contributed by atoms with van der Waals surface area (Å²) in [5.41, 5.74) is 2.01. The number of carbonyl (C=O) groups is 2. The van der Waals surface area contributed by atoms with E-state index in [1.807, 2.05) is 30.3 Å². The molecule has 188 valence electrons. The number of aliphatic imine (C=N–C) groups is 1. The van der Waals surface area contributed by atoms with Crippen molar-refractivity contribution in [2.24, 2.45) is 4.99 Å². The number of rotatable bonds is 8.